The van der Waals surface area contributed by atoms with Crippen molar-refractivity contribution in [2.24, 2.45) is 11.8 Å². The lowest BCUT2D eigenvalue weighted by molar-refractivity contribution is -0.0614. The fourth-order valence-corrected chi connectivity index (χ4v) is 3.85. The van der Waals surface area contributed by atoms with Crippen LogP contribution in [-0.2, 0) is 0 Å². The van der Waals surface area contributed by atoms with Gasteiger partial charge in [0, 0.05) is 5.92 Å². The Morgan fingerprint density at radius 1 is 1.25 bits per heavy atom. The third-order valence-electron chi connectivity index (χ3n) is 2.83. The van der Waals surface area contributed by atoms with E-state index in [0.29, 0.717) is 6.42 Å². The number of aliphatic hydroxyl groups is 2. The number of fused-ring (bicyclic) bond motifs is 1. The van der Waals surface area contributed by atoms with E-state index in [9.17, 15) is 14.6 Å². The molecule has 2 rings (SSSR count). The maximum atomic E-state index is 13.0. The van der Waals surface area contributed by atoms with Crippen molar-refractivity contribution in [1.29, 1.82) is 0 Å². The molecule has 5 atom stereocenters. The van der Waals surface area contributed by atoms with E-state index in [-0.39, 0.29) is 15.1 Å². The van der Waals surface area contributed by atoms with Crippen LogP contribution in [0.4, 0.5) is 4.39 Å². The van der Waals surface area contributed by atoms with Gasteiger partial charge in [0.2, 0.25) is 0 Å². The zero-order valence-electron chi connectivity index (χ0n) is 6.12. The molecule has 0 aliphatic heterocycles. The zero-order valence-corrected chi connectivity index (χ0v) is 9.29. The maximum Gasteiger partial charge on any atom is 0.129 e. The minimum Gasteiger partial charge on any atom is -0.390 e. The molecule has 0 aromatic heterocycles. The highest BCUT2D eigenvalue weighted by Gasteiger charge is 2.69. The lowest BCUT2D eigenvalue weighted by Gasteiger charge is -2.25. The molecule has 2 aliphatic carbocycles. The molecule has 2 saturated carbocycles. The van der Waals surface area contributed by atoms with Gasteiger partial charge in [-0.05, 0) is 12.3 Å². The summed E-state index contributed by atoms with van der Waals surface area (Å²) in [5.41, 5.74) is 0. The molecule has 2 N–H and O–H groups in total. The number of hydrogen-bond acceptors (Lipinski definition) is 2. The van der Waals surface area contributed by atoms with Crippen LogP contribution < -0.4 is 0 Å². The molecule has 12 heavy (non-hydrogen) atoms. The smallest absolute Gasteiger partial charge is 0.129 e. The average molecular weight is 304 g/mol. The van der Waals surface area contributed by atoms with E-state index >= 15 is 0 Å². The third-order valence-corrected chi connectivity index (χ3v) is 5.06. The van der Waals surface area contributed by atoms with Gasteiger partial charge < -0.3 is 10.2 Å². The summed E-state index contributed by atoms with van der Waals surface area (Å²) in [5.74, 6) is 0.0467. The van der Waals surface area contributed by atoms with E-state index < -0.39 is 18.4 Å². The van der Waals surface area contributed by atoms with E-state index in [1.54, 1.807) is 0 Å². The van der Waals surface area contributed by atoms with Gasteiger partial charge in [-0.25, -0.2) is 4.39 Å². The summed E-state index contributed by atoms with van der Waals surface area (Å²) in [7, 11) is 0. The van der Waals surface area contributed by atoms with Crippen molar-refractivity contribution in [1.82, 2.24) is 0 Å². The summed E-state index contributed by atoms with van der Waals surface area (Å²) in [6, 6.07) is 0. The lowest BCUT2D eigenvalue weighted by Crippen LogP contribution is -2.40. The number of alkyl halides is 3. The zero-order chi connectivity index (χ0) is 9.09. The van der Waals surface area contributed by atoms with Gasteiger partial charge in [-0.2, -0.15) is 0 Å². The van der Waals surface area contributed by atoms with E-state index in [0.717, 1.165) is 0 Å². The number of hydrogen-bond donors (Lipinski definition) is 2. The molecule has 70 valence electrons. The fourth-order valence-electron chi connectivity index (χ4n) is 1.99. The monoisotopic (exact) mass is 302 g/mol. The quantitative estimate of drug-likeness (QED) is 0.660. The van der Waals surface area contributed by atoms with Gasteiger partial charge in [0.1, 0.15) is 12.3 Å². The molecule has 2 aliphatic rings. The number of rotatable bonds is 0. The largest absolute Gasteiger partial charge is 0.390 e. The van der Waals surface area contributed by atoms with Crippen LogP contribution in [0.1, 0.15) is 6.42 Å². The number of aliphatic hydroxyl groups excluding tert-OH is 2. The summed E-state index contributed by atoms with van der Waals surface area (Å²) < 4.78 is 12.7. The molecule has 0 amide bonds. The molecule has 0 spiro atoms. The normalized spacial score (nSPS) is 56.2. The summed E-state index contributed by atoms with van der Waals surface area (Å²) in [4.78, 5) is 0. The van der Waals surface area contributed by atoms with E-state index in [1.807, 2.05) is 0 Å². The SMILES string of the molecule is OC1C(F)CC2C(C1O)C2(Br)Br. The number of halogens is 3. The first kappa shape index (κ1) is 9.37. The van der Waals surface area contributed by atoms with Crippen molar-refractivity contribution in [3.8, 4) is 0 Å². The fraction of sp³-hybridized carbons (Fsp3) is 1.00. The molecule has 2 fully saturated rings. The third kappa shape index (κ3) is 1.10. The minimum atomic E-state index is -1.29. The highest BCUT2D eigenvalue weighted by molar-refractivity contribution is 9.25. The van der Waals surface area contributed by atoms with Crippen LogP contribution in [0.5, 0.6) is 0 Å². The van der Waals surface area contributed by atoms with Crippen molar-refractivity contribution in [2.45, 2.75) is 28.0 Å². The van der Waals surface area contributed by atoms with Crippen LogP contribution in [0.2, 0.25) is 0 Å². The lowest BCUT2D eigenvalue weighted by atomic mass is 9.93. The van der Waals surface area contributed by atoms with Gasteiger partial charge >= 0.3 is 0 Å². The second kappa shape index (κ2) is 2.65. The van der Waals surface area contributed by atoms with Crippen LogP contribution >= 0.6 is 31.9 Å². The molecule has 0 radical (unpaired) electrons. The Morgan fingerprint density at radius 3 is 2.42 bits per heavy atom. The Kier molecular flexibility index (Phi) is 2.07. The molecule has 0 bridgehead atoms. The van der Waals surface area contributed by atoms with Crippen molar-refractivity contribution in [3.63, 3.8) is 0 Å². The Balaban J connectivity index is 2.16. The van der Waals surface area contributed by atoms with Gasteiger partial charge in [-0.15, -0.1) is 0 Å². The first-order valence-corrected chi connectivity index (χ1v) is 5.43. The molecule has 2 nitrogen and oxygen atoms in total. The van der Waals surface area contributed by atoms with E-state index in [1.165, 1.54) is 0 Å². The summed E-state index contributed by atoms with van der Waals surface area (Å²) >= 11 is 6.71. The van der Waals surface area contributed by atoms with Gasteiger partial charge in [0.25, 0.3) is 0 Å². The topological polar surface area (TPSA) is 40.5 Å². The van der Waals surface area contributed by atoms with E-state index in [2.05, 4.69) is 31.9 Å². The Bertz CT molecular complexity index is 212. The molecule has 5 unspecified atom stereocenters. The average Bonchev–Trinajstić information content (AvgIpc) is 2.49. The van der Waals surface area contributed by atoms with Gasteiger partial charge in [0.05, 0.1) is 9.34 Å². The molecule has 0 heterocycles. The molecule has 0 aromatic rings. The molecular weight excluding hydrogens is 295 g/mol. The highest BCUT2D eigenvalue weighted by atomic mass is 79.9. The van der Waals surface area contributed by atoms with Gasteiger partial charge in [-0.3, -0.25) is 0 Å². The maximum absolute atomic E-state index is 13.0. The Morgan fingerprint density at radius 2 is 1.83 bits per heavy atom. The Hall–Kier alpha value is 0.810. The highest BCUT2D eigenvalue weighted by Crippen LogP contribution is 2.67. The Labute approximate surface area is 86.4 Å². The van der Waals surface area contributed by atoms with Gasteiger partial charge in [-0.1, -0.05) is 31.9 Å². The van der Waals surface area contributed by atoms with Crippen LogP contribution in [0.3, 0.4) is 0 Å². The van der Waals surface area contributed by atoms with Crippen molar-refractivity contribution >= 4 is 31.9 Å². The minimum absolute atomic E-state index is 0.0560. The molecule has 0 aromatic carbocycles. The standard InChI is InChI=1S/C7H9Br2FO2/c8-7(9)2-1-3(10)5(11)6(12)4(2)7/h2-6,11-12H,1H2. The first-order valence-electron chi connectivity index (χ1n) is 3.84. The second-order valence-electron chi connectivity index (χ2n) is 3.54. The predicted molar refractivity (Wildman–Crippen MR) is 49.1 cm³/mol. The van der Waals surface area contributed by atoms with Crippen LogP contribution in [0, 0.1) is 11.8 Å². The molecule has 0 saturated heterocycles. The van der Waals surface area contributed by atoms with Crippen molar-refractivity contribution in [2.75, 3.05) is 0 Å². The van der Waals surface area contributed by atoms with E-state index in [4.69, 9.17) is 0 Å². The summed E-state index contributed by atoms with van der Waals surface area (Å²) in [5, 5.41) is 18.7. The second-order valence-corrected chi connectivity index (χ2v) is 7.23. The van der Waals surface area contributed by atoms with Crippen LogP contribution in [0.25, 0.3) is 0 Å². The van der Waals surface area contributed by atoms with Crippen molar-refractivity contribution in [3.05, 3.63) is 0 Å². The summed E-state index contributed by atoms with van der Waals surface area (Å²) in [6.07, 6.45) is -3.14. The van der Waals surface area contributed by atoms with Gasteiger partial charge in [0.15, 0.2) is 0 Å². The van der Waals surface area contributed by atoms with Crippen molar-refractivity contribution < 1.29 is 14.6 Å². The predicted octanol–water partition coefficient (Wildman–Crippen LogP) is 1.18. The molecular formula is C7H9Br2FO2. The summed E-state index contributed by atoms with van der Waals surface area (Å²) in [6.45, 7) is 0. The van der Waals surface area contributed by atoms with Crippen LogP contribution in [-0.4, -0.2) is 31.8 Å². The van der Waals surface area contributed by atoms with Crippen LogP contribution in [0.15, 0.2) is 0 Å². The first-order chi connectivity index (χ1) is 5.46. The molecule has 5 heteroatoms.